The lowest BCUT2D eigenvalue weighted by Gasteiger charge is -2.07. The summed E-state index contributed by atoms with van der Waals surface area (Å²) in [7, 11) is -3.25. The molecule has 128 valence electrons. The van der Waals surface area contributed by atoms with Crippen LogP contribution in [0.15, 0.2) is 48.7 Å². The maximum absolute atomic E-state index is 11.9. The Balaban J connectivity index is 1.79. The van der Waals surface area contributed by atoms with Crippen molar-refractivity contribution in [2.45, 2.75) is 6.61 Å². The van der Waals surface area contributed by atoms with Crippen LogP contribution in [0.4, 0.5) is 0 Å². The van der Waals surface area contributed by atoms with Crippen molar-refractivity contribution in [3.63, 3.8) is 0 Å². The normalized spacial score (nSPS) is 11.0. The molecule has 1 amide bonds. The molecule has 0 fully saturated rings. The average molecular weight is 349 g/mol. The highest BCUT2D eigenvalue weighted by Gasteiger charge is 2.07. The summed E-state index contributed by atoms with van der Waals surface area (Å²) in [5.41, 5.74) is 1.40. The topological polar surface area (TPSA) is 97.4 Å². The van der Waals surface area contributed by atoms with E-state index >= 15 is 0 Å². The van der Waals surface area contributed by atoms with E-state index < -0.39 is 10.0 Å². The molecule has 24 heavy (non-hydrogen) atoms. The first-order chi connectivity index (χ1) is 11.4. The van der Waals surface area contributed by atoms with Gasteiger partial charge in [-0.1, -0.05) is 30.3 Å². The number of sulfonamides is 1. The van der Waals surface area contributed by atoms with Gasteiger partial charge in [-0.15, -0.1) is 0 Å². The van der Waals surface area contributed by atoms with Gasteiger partial charge in [0.25, 0.3) is 5.91 Å². The van der Waals surface area contributed by atoms with Gasteiger partial charge >= 0.3 is 0 Å². The quantitative estimate of drug-likeness (QED) is 0.691. The number of carbonyl (C=O) groups excluding carboxylic acids is 1. The molecule has 1 aromatic carbocycles. The van der Waals surface area contributed by atoms with E-state index in [0.29, 0.717) is 18.1 Å². The predicted molar refractivity (Wildman–Crippen MR) is 90.2 cm³/mol. The van der Waals surface area contributed by atoms with Gasteiger partial charge in [-0.25, -0.2) is 18.1 Å². The third kappa shape index (κ3) is 6.35. The molecule has 0 saturated carbocycles. The lowest BCUT2D eigenvalue weighted by molar-refractivity contribution is 0.0954. The van der Waals surface area contributed by atoms with Crippen LogP contribution in [0.1, 0.15) is 15.9 Å². The third-order valence-corrected chi connectivity index (χ3v) is 3.73. The summed E-state index contributed by atoms with van der Waals surface area (Å²) >= 11 is 0. The summed E-state index contributed by atoms with van der Waals surface area (Å²) in [5.74, 6) is 0.0987. The molecule has 1 aromatic heterocycles. The van der Waals surface area contributed by atoms with E-state index in [2.05, 4.69) is 15.0 Å². The molecule has 0 aliphatic rings. The van der Waals surface area contributed by atoms with Gasteiger partial charge in [-0.05, 0) is 11.6 Å². The lowest BCUT2D eigenvalue weighted by atomic mass is 10.2. The Morgan fingerprint density at radius 3 is 2.50 bits per heavy atom. The highest BCUT2D eigenvalue weighted by molar-refractivity contribution is 7.88. The zero-order valence-corrected chi connectivity index (χ0v) is 14.0. The lowest BCUT2D eigenvalue weighted by Crippen LogP contribution is -2.34. The molecule has 0 saturated heterocycles. The van der Waals surface area contributed by atoms with E-state index in [9.17, 15) is 13.2 Å². The summed E-state index contributed by atoms with van der Waals surface area (Å²) in [6, 6.07) is 12.9. The monoisotopic (exact) mass is 349 g/mol. The Kier molecular flexibility index (Phi) is 6.28. The second kappa shape index (κ2) is 8.42. The Bertz CT molecular complexity index is 762. The van der Waals surface area contributed by atoms with E-state index in [4.69, 9.17) is 4.74 Å². The first-order valence-corrected chi connectivity index (χ1v) is 9.19. The number of nitrogens with one attached hydrogen (secondary N) is 2. The fourth-order valence-corrected chi connectivity index (χ4v) is 2.32. The Labute approximate surface area is 141 Å². The van der Waals surface area contributed by atoms with E-state index in [1.165, 1.54) is 6.20 Å². The van der Waals surface area contributed by atoms with Crippen molar-refractivity contribution in [1.29, 1.82) is 0 Å². The van der Waals surface area contributed by atoms with Crippen LogP contribution in [0.3, 0.4) is 0 Å². The summed E-state index contributed by atoms with van der Waals surface area (Å²) in [5, 5.41) is 2.60. The molecule has 0 atom stereocenters. The molecule has 0 aliphatic heterocycles. The number of amides is 1. The minimum Gasteiger partial charge on any atom is -0.473 e. The number of hydrogen-bond donors (Lipinski definition) is 2. The van der Waals surface area contributed by atoms with Gasteiger partial charge in [0.1, 0.15) is 6.61 Å². The number of aromatic nitrogens is 1. The van der Waals surface area contributed by atoms with Crippen LogP contribution in [0, 0.1) is 0 Å². The number of pyridine rings is 1. The van der Waals surface area contributed by atoms with Crippen LogP contribution < -0.4 is 14.8 Å². The predicted octanol–water partition coefficient (Wildman–Crippen LogP) is 0.940. The molecule has 0 spiro atoms. The minimum absolute atomic E-state index is 0.135. The third-order valence-electron chi connectivity index (χ3n) is 3.00. The number of ether oxygens (including phenoxy) is 1. The van der Waals surface area contributed by atoms with E-state index in [1.54, 1.807) is 12.1 Å². The summed E-state index contributed by atoms with van der Waals surface area (Å²) < 4.78 is 29.6. The molecule has 2 aromatic rings. The standard InChI is InChI=1S/C16H19N3O4S/c1-24(21,22)19-10-9-17-16(20)14-7-8-15(18-11-14)23-12-13-5-3-2-4-6-13/h2-8,11,19H,9-10,12H2,1H3,(H,17,20). The molecule has 8 heteroatoms. The maximum Gasteiger partial charge on any atom is 0.252 e. The number of benzene rings is 1. The van der Waals surface area contributed by atoms with Crippen molar-refractivity contribution in [1.82, 2.24) is 15.0 Å². The van der Waals surface area contributed by atoms with Gasteiger partial charge in [-0.3, -0.25) is 4.79 Å². The van der Waals surface area contributed by atoms with Gasteiger partial charge in [-0.2, -0.15) is 0 Å². The molecule has 0 bridgehead atoms. The van der Waals surface area contributed by atoms with Crippen LogP contribution in [0.5, 0.6) is 5.88 Å². The van der Waals surface area contributed by atoms with Crippen LogP contribution in [-0.4, -0.2) is 38.7 Å². The minimum atomic E-state index is -3.25. The Morgan fingerprint density at radius 2 is 1.88 bits per heavy atom. The SMILES string of the molecule is CS(=O)(=O)NCCNC(=O)c1ccc(OCc2ccccc2)nc1. The molecule has 7 nitrogen and oxygen atoms in total. The van der Waals surface area contributed by atoms with Crippen molar-refractivity contribution in [2.75, 3.05) is 19.3 Å². The van der Waals surface area contributed by atoms with Crippen molar-refractivity contribution in [3.05, 3.63) is 59.8 Å². The average Bonchev–Trinajstić information content (AvgIpc) is 2.57. The van der Waals surface area contributed by atoms with Crippen molar-refractivity contribution in [2.24, 2.45) is 0 Å². The van der Waals surface area contributed by atoms with E-state index in [1.807, 2.05) is 30.3 Å². The van der Waals surface area contributed by atoms with Gasteiger partial charge in [0.15, 0.2) is 0 Å². The molecular formula is C16H19N3O4S. The summed E-state index contributed by atoms with van der Waals surface area (Å²) in [4.78, 5) is 16.0. The molecule has 1 heterocycles. The van der Waals surface area contributed by atoms with Crippen molar-refractivity contribution in [3.8, 4) is 5.88 Å². The number of nitrogens with zero attached hydrogens (tertiary/aromatic N) is 1. The number of rotatable bonds is 8. The highest BCUT2D eigenvalue weighted by Crippen LogP contribution is 2.10. The van der Waals surface area contributed by atoms with Crippen LogP contribution in [0.2, 0.25) is 0 Å². The van der Waals surface area contributed by atoms with Crippen LogP contribution in [-0.2, 0) is 16.6 Å². The summed E-state index contributed by atoms with van der Waals surface area (Å²) in [6.07, 6.45) is 2.48. The second-order valence-electron chi connectivity index (χ2n) is 5.08. The molecule has 2 rings (SSSR count). The van der Waals surface area contributed by atoms with Crippen LogP contribution >= 0.6 is 0 Å². The second-order valence-corrected chi connectivity index (χ2v) is 6.91. The molecular weight excluding hydrogens is 330 g/mol. The highest BCUT2D eigenvalue weighted by atomic mass is 32.2. The first kappa shape index (κ1) is 17.9. The van der Waals surface area contributed by atoms with E-state index in [0.717, 1.165) is 11.8 Å². The Hall–Kier alpha value is -2.45. The zero-order valence-electron chi connectivity index (χ0n) is 13.2. The Morgan fingerprint density at radius 1 is 1.12 bits per heavy atom. The van der Waals surface area contributed by atoms with Gasteiger partial charge < -0.3 is 10.1 Å². The molecule has 0 unspecified atom stereocenters. The van der Waals surface area contributed by atoms with Gasteiger partial charge in [0.2, 0.25) is 15.9 Å². The molecule has 0 aliphatic carbocycles. The maximum atomic E-state index is 11.9. The van der Waals surface area contributed by atoms with Gasteiger partial charge in [0, 0.05) is 25.4 Å². The van der Waals surface area contributed by atoms with Crippen molar-refractivity contribution >= 4 is 15.9 Å². The zero-order chi connectivity index (χ0) is 17.4. The van der Waals surface area contributed by atoms with Crippen molar-refractivity contribution < 1.29 is 17.9 Å². The molecule has 0 radical (unpaired) electrons. The fourth-order valence-electron chi connectivity index (χ4n) is 1.85. The largest absolute Gasteiger partial charge is 0.473 e. The number of carbonyl (C=O) groups is 1. The smallest absolute Gasteiger partial charge is 0.252 e. The van der Waals surface area contributed by atoms with Crippen LogP contribution in [0.25, 0.3) is 0 Å². The van der Waals surface area contributed by atoms with Gasteiger partial charge in [0.05, 0.1) is 11.8 Å². The first-order valence-electron chi connectivity index (χ1n) is 7.30. The fraction of sp³-hybridized carbons (Fsp3) is 0.250. The summed E-state index contributed by atoms with van der Waals surface area (Å²) in [6.45, 7) is 0.727. The van der Waals surface area contributed by atoms with E-state index in [-0.39, 0.29) is 19.0 Å². The number of hydrogen-bond acceptors (Lipinski definition) is 5. The molecule has 2 N–H and O–H groups in total.